The molecule has 0 aromatic heterocycles. The highest BCUT2D eigenvalue weighted by atomic mass is 32.2. The average molecular weight is 268 g/mol. The van der Waals surface area contributed by atoms with Gasteiger partial charge in [0, 0.05) is 25.3 Å². The van der Waals surface area contributed by atoms with Gasteiger partial charge in [-0.05, 0) is 31.2 Å². The van der Waals surface area contributed by atoms with Crippen LogP contribution >= 0.6 is 0 Å². The Kier molecular flexibility index (Phi) is 4.24. The van der Waals surface area contributed by atoms with Crippen LogP contribution in [0.2, 0.25) is 0 Å². The van der Waals surface area contributed by atoms with E-state index in [0.717, 1.165) is 25.2 Å². The van der Waals surface area contributed by atoms with Crippen molar-refractivity contribution in [1.82, 2.24) is 5.32 Å². The van der Waals surface area contributed by atoms with Gasteiger partial charge in [-0.2, -0.15) is 0 Å². The van der Waals surface area contributed by atoms with Gasteiger partial charge < -0.3 is 10.2 Å². The average Bonchev–Trinajstić information content (AvgIpc) is 2.52. The van der Waals surface area contributed by atoms with Gasteiger partial charge in [-0.15, -0.1) is 0 Å². The van der Waals surface area contributed by atoms with Crippen LogP contribution in [0, 0.1) is 0 Å². The van der Waals surface area contributed by atoms with Crippen LogP contribution < -0.4 is 10.2 Å². The molecule has 4 nitrogen and oxygen atoms in total. The Labute approximate surface area is 109 Å². The molecule has 100 valence electrons. The molecule has 0 unspecified atom stereocenters. The first-order valence-corrected chi connectivity index (χ1v) is 8.12. The molecule has 0 atom stereocenters. The van der Waals surface area contributed by atoms with E-state index in [1.807, 2.05) is 7.05 Å². The summed E-state index contributed by atoms with van der Waals surface area (Å²) in [4.78, 5) is 2.16. The summed E-state index contributed by atoms with van der Waals surface area (Å²) in [6.07, 6.45) is 0.723. The third-order valence-corrected chi connectivity index (χ3v) is 4.95. The number of hydrogen-bond donors (Lipinski definition) is 1. The zero-order chi connectivity index (χ0) is 13.0. The summed E-state index contributed by atoms with van der Waals surface area (Å²) in [5.41, 5.74) is 2.36. The van der Waals surface area contributed by atoms with Gasteiger partial charge in [-0.1, -0.05) is 12.1 Å². The lowest BCUT2D eigenvalue weighted by Gasteiger charge is -2.22. The summed E-state index contributed by atoms with van der Waals surface area (Å²) in [6, 6.07) is 8.33. The monoisotopic (exact) mass is 268 g/mol. The van der Waals surface area contributed by atoms with Crippen molar-refractivity contribution in [3.8, 4) is 0 Å². The minimum atomic E-state index is -2.83. The van der Waals surface area contributed by atoms with Crippen molar-refractivity contribution in [2.75, 3.05) is 36.5 Å². The maximum absolute atomic E-state index is 11.6. The quantitative estimate of drug-likeness (QED) is 0.889. The van der Waals surface area contributed by atoms with Crippen molar-refractivity contribution in [3.05, 3.63) is 29.8 Å². The molecule has 1 aliphatic rings. The lowest BCUT2D eigenvalue weighted by atomic mass is 10.2. The number of sulfone groups is 1. The molecule has 1 aromatic rings. The van der Waals surface area contributed by atoms with E-state index >= 15 is 0 Å². The van der Waals surface area contributed by atoms with Crippen molar-refractivity contribution in [3.63, 3.8) is 0 Å². The molecule has 1 aromatic carbocycles. The Morgan fingerprint density at radius 1 is 1.17 bits per heavy atom. The van der Waals surface area contributed by atoms with Crippen molar-refractivity contribution in [2.24, 2.45) is 0 Å². The predicted octanol–water partition coefficient (Wildman–Crippen LogP) is 1.03. The van der Waals surface area contributed by atoms with Crippen LogP contribution in [0.15, 0.2) is 24.3 Å². The first-order valence-electron chi connectivity index (χ1n) is 6.30. The van der Waals surface area contributed by atoms with Gasteiger partial charge in [0.2, 0.25) is 0 Å². The van der Waals surface area contributed by atoms with Crippen LogP contribution in [-0.2, 0) is 16.4 Å². The van der Waals surface area contributed by atoms with Gasteiger partial charge in [0.15, 0.2) is 9.84 Å². The molecule has 0 saturated carbocycles. The maximum atomic E-state index is 11.6. The van der Waals surface area contributed by atoms with Gasteiger partial charge in [-0.25, -0.2) is 8.42 Å². The Balaban J connectivity index is 2.07. The van der Waals surface area contributed by atoms with Gasteiger partial charge >= 0.3 is 0 Å². The molecule has 0 bridgehead atoms. The van der Waals surface area contributed by atoms with E-state index in [0.29, 0.717) is 12.3 Å². The lowest BCUT2D eigenvalue weighted by Crippen LogP contribution is -2.26. The van der Waals surface area contributed by atoms with Crippen LogP contribution in [0.25, 0.3) is 0 Å². The zero-order valence-electron chi connectivity index (χ0n) is 10.7. The van der Waals surface area contributed by atoms with Crippen LogP contribution in [0.1, 0.15) is 12.0 Å². The maximum Gasteiger partial charge on any atom is 0.152 e. The van der Waals surface area contributed by atoms with Crippen molar-refractivity contribution < 1.29 is 8.42 Å². The molecule has 0 amide bonds. The van der Waals surface area contributed by atoms with Gasteiger partial charge in [0.25, 0.3) is 0 Å². The molecule has 1 heterocycles. The Hall–Kier alpha value is -1.07. The van der Waals surface area contributed by atoms with Crippen LogP contribution in [0.4, 0.5) is 5.69 Å². The number of nitrogens with one attached hydrogen (secondary N) is 1. The molecule has 1 N–H and O–H groups in total. The fraction of sp³-hybridized carbons (Fsp3) is 0.538. The molecule has 1 aliphatic heterocycles. The Morgan fingerprint density at radius 3 is 2.56 bits per heavy atom. The van der Waals surface area contributed by atoms with E-state index in [1.54, 1.807) is 0 Å². The second-order valence-electron chi connectivity index (χ2n) is 4.69. The normalized spacial score (nSPS) is 19.5. The van der Waals surface area contributed by atoms with Crippen molar-refractivity contribution >= 4 is 15.5 Å². The van der Waals surface area contributed by atoms with Crippen LogP contribution in [0.5, 0.6) is 0 Å². The standard InChI is InChI=1S/C13H20N2O2S/c1-14-11-12-3-5-13(6-4-12)15-7-2-9-18(16,17)10-8-15/h3-6,14H,2,7-11H2,1H3. The fourth-order valence-electron chi connectivity index (χ4n) is 2.23. The highest BCUT2D eigenvalue weighted by molar-refractivity contribution is 7.91. The highest BCUT2D eigenvalue weighted by Gasteiger charge is 2.19. The smallest absolute Gasteiger partial charge is 0.152 e. The number of nitrogens with zero attached hydrogens (tertiary/aromatic N) is 1. The third kappa shape index (κ3) is 3.46. The van der Waals surface area contributed by atoms with E-state index in [1.165, 1.54) is 5.56 Å². The molecular formula is C13H20N2O2S. The summed E-state index contributed by atoms with van der Waals surface area (Å²) in [6.45, 7) is 2.28. The van der Waals surface area contributed by atoms with Gasteiger partial charge in [0.1, 0.15) is 0 Å². The van der Waals surface area contributed by atoms with Crippen LogP contribution in [0.3, 0.4) is 0 Å². The summed E-state index contributed by atoms with van der Waals surface area (Å²) in [5.74, 6) is 0.590. The predicted molar refractivity (Wildman–Crippen MR) is 74.7 cm³/mol. The molecule has 0 spiro atoms. The Morgan fingerprint density at radius 2 is 1.89 bits per heavy atom. The van der Waals surface area contributed by atoms with E-state index in [-0.39, 0.29) is 5.75 Å². The van der Waals surface area contributed by atoms with Crippen LogP contribution in [-0.4, -0.2) is 40.1 Å². The lowest BCUT2D eigenvalue weighted by molar-refractivity contribution is 0.597. The highest BCUT2D eigenvalue weighted by Crippen LogP contribution is 2.18. The number of rotatable bonds is 3. The second kappa shape index (κ2) is 5.71. The molecule has 0 radical (unpaired) electrons. The Bertz CT molecular complexity index is 482. The number of anilines is 1. The van der Waals surface area contributed by atoms with E-state index in [4.69, 9.17) is 0 Å². The molecule has 1 saturated heterocycles. The van der Waals surface area contributed by atoms with Crippen molar-refractivity contribution in [1.29, 1.82) is 0 Å². The second-order valence-corrected chi connectivity index (χ2v) is 6.99. The molecule has 1 fully saturated rings. The van der Waals surface area contributed by atoms with E-state index < -0.39 is 9.84 Å². The first-order chi connectivity index (χ1) is 8.61. The summed E-state index contributed by atoms with van der Waals surface area (Å²) >= 11 is 0. The topological polar surface area (TPSA) is 49.4 Å². The summed E-state index contributed by atoms with van der Waals surface area (Å²) in [5, 5.41) is 3.11. The minimum absolute atomic E-state index is 0.269. The van der Waals surface area contributed by atoms with Gasteiger partial charge in [0.05, 0.1) is 11.5 Å². The molecule has 18 heavy (non-hydrogen) atoms. The fourth-order valence-corrected chi connectivity index (χ4v) is 3.50. The number of hydrogen-bond acceptors (Lipinski definition) is 4. The van der Waals surface area contributed by atoms with Gasteiger partial charge in [-0.3, -0.25) is 0 Å². The SMILES string of the molecule is CNCc1ccc(N2CCCS(=O)(=O)CC2)cc1. The largest absolute Gasteiger partial charge is 0.370 e. The summed E-state index contributed by atoms with van der Waals surface area (Å²) < 4.78 is 23.1. The van der Waals surface area contributed by atoms with E-state index in [2.05, 4.69) is 34.5 Å². The minimum Gasteiger partial charge on any atom is -0.370 e. The molecule has 0 aliphatic carbocycles. The third-order valence-electron chi connectivity index (χ3n) is 3.24. The number of benzene rings is 1. The zero-order valence-corrected chi connectivity index (χ0v) is 11.5. The first kappa shape index (κ1) is 13.4. The van der Waals surface area contributed by atoms with E-state index in [9.17, 15) is 8.42 Å². The summed E-state index contributed by atoms with van der Waals surface area (Å²) in [7, 11) is -0.904. The molecule has 2 rings (SSSR count). The molecular weight excluding hydrogens is 248 g/mol. The van der Waals surface area contributed by atoms with Crippen molar-refractivity contribution in [2.45, 2.75) is 13.0 Å². The molecule has 5 heteroatoms.